The maximum absolute atomic E-state index is 12.5. The van der Waals surface area contributed by atoms with Crippen LogP contribution in [0.4, 0.5) is 5.82 Å². The first-order valence-electron chi connectivity index (χ1n) is 10.2. The lowest BCUT2D eigenvalue weighted by molar-refractivity contribution is 0.0951. The number of carbonyl (C=O) groups is 2. The summed E-state index contributed by atoms with van der Waals surface area (Å²) in [5.74, 6) is 0.752. The number of hydrogen-bond acceptors (Lipinski definition) is 3. The summed E-state index contributed by atoms with van der Waals surface area (Å²) in [4.78, 5) is 29.1. The van der Waals surface area contributed by atoms with Crippen molar-refractivity contribution in [2.24, 2.45) is 5.92 Å². The molecule has 5 nitrogen and oxygen atoms in total. The fourth-order valence-corrected chi connectivity index (χ4v) is 3.06. The molecule has 2 amide bonds. The molecule has 3 aromatic rings. The van der Waals surface area contributed by atoms with Crippen LogP contribution in [-0.4, -0.2) is 23.3 Å². The lowest BCUT2D eigenvalue weighted by Gasteiger charge is -2.11. The van der Waals surface area contributed by atoms with Crippen LogP contribution in [0.15, 0.2) is 66.9 Å². The van der Waals surface area contributed by atoms with Gasteiger partial charge in [-0.15, -0.1) is 0 Å². The van der Waals surface area contributed by atoms with E-state index in [1.165, 1.54) is 0 Å². The predicted octanol–water partition coefficient (Wildman–Crippen LogP) is 5.09. The molecule has 30 heavy (non-hydrogen) atoms. The SMILES string of the molecule is Cc1ccc(C(=O)NCCC(C)C)cc1-c1ccc(NC(=O)c2ccccc2)nc1. The summed E-state index contributed by atoms with van der Waals surface area (Å²) in [6.45, 7) is 6.93. The third-order valence-corrected chi connectivity index (χ3v) is 4.86. The maximum Gasteiger partial charge on any atom is 0.256 e. The Hall–Kier alpha value is -3.47. The topological polar surface area (TPSA) is 71.1 Å². The molecule has 0 aliphatic rings. The Balaban J connectivity index is 1.72. The van der Waals surface area contributed by atoms with Crippen LogP contribution in [0.5, 0.6) is 0 Å². The van der Waals surface area contributed by atoms with Gasteiger partial charge in [-0.25, -0.2) is 4.98 Å². The summed E-state index contributed by atoms with van der Waals surface area (Å²) in [5.41, 5.74) is 4.09. The fourth-order valence-electron chi connectivity index (χ4n) is 3.06. The Morgan fingerprint density at radius 1 is 0.933 bits per heavy atom. The molecule has 0 fully saturated rings. The molecule has 2 aromatic carbocycles. The van der Waals surface area contributed by atoms with Crippen molar-refractivity contribution in [3.8, 4) is 11.1 Å². The lowest BCUT2D eigenvalue weighted by atomic mass is 9.99. The highest BCUT2D eigenvalue weighted by atomic mass is 16.2. The van der Waals surface area contributed by atoms with E-state index in [0.717, 1.165) is 23.1 Å². The van der Waals surface area contributed by atoms with Gasteiger partial charge in [0.2, 0.25) is 0 Å². The van der Waals surface area contributed by atoms with E-state index >= 15 is 0 Å². The van der Waals surface area contributed by atoms with Crippen molar-refractivity contribution in [1.29, 1.82) is 0 Å². The van der Waals surface area contributed by atoms with Crippen LogP contribution in [-0.2, 0) is 0 Å². The zero-order valence-electron chi connectivity index (χ0n) is 17.6. The zero-order chi connectivity index (χ0) is 21.5. The Morgan fingerprint density at radius 3 is 2.37 bits per heavy atom. The highest BCUT2D eigenvalue weighted by Crippen LogP contribution is 2.25. The molecule has 0 bridgehead atoms. The van der Waals surface area contributed by atoms with E-state index in [1.54, 1.807) is 24.4 Å². The number of aryl methyl sites for hydroxylation is 1. The summed E-state index contributed by atoms with van der Waals surface area (Å²) in [5, 5.41) is 5.77. The third kappa shape index (κ3) is 5.54. The first kappa shape index (κ1) is 21.2. The summed E-state index contributed by atoms with van der Waals surface area (Å²) < 4.78 is 0. The summed E-state index contributed by atoms with van der Waals surface area (Å²) in [7, 11) is 0. The average Bonchev–Trinajstić information content (AvgIpc) is 2.75. The summed E-state index contributed by atoms with van der Waals surface area (Å²) in [6, 6.07) is 18.4. The van der Waals surface area contributed by atoms with Crippen molar-refractivity contribution in [3.05, 3.63) is 83.6 Å². The minimum Gasteiger partial charge on any atom is -0.352 e. The van der Waals surface area contributed by atoms with Gasteiger partial charge in [0, 0.05) is 29.4 Å². The predicted molar refractivity (Wildman–Crippen MR) is 121 cm³/mol. The maximum atomic E-state index is 12.5. The molecule has 5 heteroatoms. The van der Waals surface area contributed by atoms with E-state index in [4.69, 9.17) is 0 Å². The van der Waals surface area contributed by atoms with E-state index < -0.39 is 0 Å². The van der Waals surface area contributed by atoms with Gasteiger partial charge in [0.1, 0.15) is 5.82 Å². The molecule has 1 aromatic heterocycles. The smallest absolute Gasteiger partial charge is 0.256 e. The minimum absolute atomic E-state index is 0.0726. The number of anilines is 1. The first-order valence-corrected chi connectivity index (χ1v) is 10.2. The molecular formula is C25H27N3O2. The number of hydrogen-bond donors (Lipinski definition) is 2. The van der Waals surface area contributed by atoms with Crippen LogP contribution in [0.2, 0.25) is 0 Å². The Bertz CT molecular complexity index is 1010. The van der Waals surface area contributed by atoms with Crippen LogP contribution >= 0.6 is 0 Å². The van der Waals surface area contributed by atoms with E-state index in [2.05, 4.69) is 29.5 Å². The number of nitrogens with zero attached hydrogens (tertiary/aromatic N) is 1. The Morgan fingerprint density at radius 2 is 1.70 bits per heavy atom. The molecule has 0 atom stereocenters. The van der Waals surface area contributed by atoms with Crippen molar-refractivity contribution in [2.75, 3.05) is 11.9 Å². The molecule has 0 aliphatic carbocycles. The van der Waals surface area contributed by atoms with Gasteiger partial charge >= 0.3 is 0 Å². The molecule has 2 N–H and O–H groups in total. The fraction of sp³-hybridized carbons (Fsp3) is 0.240. The Labute approximate surface area is 177 Å². The van der Waals surface area contributed by atoms with Gasteiger partial charge < -0.3 is 10.6 Å². The van der Waals surface area contributed by atoms with Crippen LogP contribution in [0.25, 0.3) is 11.1 Å². The number of aromatic nitrogens is 1. The van der Waals surface area contributed by atoms with Crippen LogP contribution in [0.3, 0.4) is 0 Å². The van der Waals surface area contributed by atoms with Gasteiger partial charge in [0.25, 0.3) is 11.8 Å². The van der Waals surface area contributed by atoms with E-state index in [1.807, 2.05) is 49.4 Å². The number of carbonyl (C=O) groups excluding carboxylic acids is 2. The Kier molecular flexibility index (Phi) is 6.96. The second-order valence-electron chi connectivity index (χ2n) is 7.72. The average molecular weight is 402 g/mol. The van der Waals surface area contributed by atoms with Gasteiger partial charge in [0.05, 0.1) is 0 Å². The molecular weight excluding hydrogens is 374 g/mol. The highest BCUT2D eigenvalue weighted by Gasteiger charge is 2.11. The van der Waals surface area contributed by atoms with Crippen LogP contribution < -0.4 is 10.6 Å². The third-order valence-electron chi connectivity index (χ3n) is 4.86. The second kappa shape index (κ2) is 9.83. The van der Waals surface area contributed by atoms with Gasteiger partial charge in [-0.05, 0) is 66.8 Å². The molecule has 0 spiro atoms. The number of nitrogens with one attached hydrogen (secondary N) is 2. The first-order chi connectivity index (χ1) is 14.4. The van der Waals surface area contributed by atoms with E-state index in [-0.39, 0.29) is 11.8 Å². The van der Waals surface area contributed by atoms with Crippen molar-refractivity contribution < 1.29 is 9.59 Å². The summed E-state index contributed by atoms with van der Waals surface area (Å²) >= 11 is 0. The summed E-state index contributed by atoms with van der Waals surface area (Å²) in [6.07, 6.45) is 2.66. The number of benzene rings is 2. The quantitative estimate of drug-likeness (QED) is 0.580. The van der Waals surface area contributed by atoms with Crippen molar-refractivity contribution in [1.82, 2.24) is 10.3 Å². The molecule has 0 saturated heterocycles. The van der Waals surface area contributed by atoms with Gasteiger partial charge in [-0.3, -0.25) is 9.59 Å². The molecule has 3 rings (SSSR count). The van der Waals surface area contributed by atoms with E-state index in [9.17, 15) is 9.59 Å². The van der Waals surface area contributed by atoms with Crippen molar-refractivity contribution >= 4 is 17.6 Å². The number of pyridine rings is 1. The highest BCUT2D eigenvalue weighted by molar-refractivity contribution is 6.03. The number of rotatable bonds is 7. The monoisotopic (exact) mass is 401 g/mol. The van der Waals surface area contributed by atoms with Crippen molar-refractivity contribution in [3.63, 3.8) is 0 Å². The van der Waals surface area contributed by atoms with Crippen LogP contribution in [0.1, 0.15) is 46.5 Å². The molecule has 0 aliphatic heterocycles. The lowest BCUT2D eigenvalue weighted by Crippen LogP contribution is -2.25. The molecule has 154 valence electrons. The van der Waals surface area contributed by atoms with E-state index in [0.29, 0.717) is 29.4 Å². The normalized spacial score (nSPS) is 10.7. The van der Waals surface area contributed by atoms with Gasteiger partial charge in [-0.2, -0.15) is 0 Å². The second-order valence-corrected chi connectivity index (χ2v) is 7.72. The molecule has 0 unspecified atom stereocenters. The number of amides is 2. The molecule has 1 heterocycles. The van der Waals surface area contributed by atoms with Crippen LogP contribution in [0, 0.1) is 12.8 Å². The largest absolute Gasteiger partial charge is 0.352 e. The van der Waals surface area contributed by atoms with Crippen molar-refractivity contribution in [2.45, 2.75) is 27.2 Å². The minimum atomic E-state index is -0.202. The van der Waals surface area contributed by atoms with Gasteiger partial charge in [0.15, 0.2) is 0 Å². The molecule has 0 saturated carbocycles. The zero-order valence-corrected chi connectivity index (χ0v) is 17.6. The standard InChI is InChI=1S/C25H27N3O2/c1-17(2)13-14-26-24(29)20-10-9-18(3)22(15-20)21-11-12-23(27-16-21)28-25(30)19-7-5-4-6-8-19/h4-12,15-17H,13-14H2,1-3H3,(H,26,29)(H,27,28,30). The molecule has 0 radical (unpaired) electrons. The van der Waals surface area contributed by atoms with Gasteiger partial charge in [-0.1, -0.05) is 38.1 Å².